The highest BCUT2D eigenvalue weighted by Gasteiger charge is 2.40. The van der Waals surface area contributed by atoms with Crippen molar-refractivity contribution >= 4 is 23.5 Å². The first-order valence-corrected chi connectivity index (χ1v) is 9.37. The molecule has 2 fully saturated rings. The monoisotopic (exact) mass is 373 g/mol. The number of nitrogens with zero attached hydrogens (tertiary/aromatic N) is 2. The van der Waals surface area contributed by atoms with E-state index in [0.29, 0.717) is 25.2 Å². The fraction of sp³-hybridized carbons (Fsp3) is 0.579. The average molecular weight is 373 g/mol. The number of piperazine rings is 1. The maximum absolute atomic E-state index is 12.5. The second-order valence-electron chi connectivity index (χ2n) is 7.72. The van der Waals surface area contributed by atoms with Gasteiger partial charge in [0, 0.05) is 37.8 Å². The van der Waals surface area contributed by atoms with Crippen LogP contribution in [0.25, 0.3) is 0 Å². The van der Waals surface area contributed by atoms with Gasteiger partial charge in [0.1, 0.15) is 5.82 Å². The molecule has 3 N–H and O–H groups in total. The summed E-state index contributed by atoms with van der Waals surface area (Å²) in [5, 5.41) is 8.58. The van der Waals surface area contributed by atoms with E-state index in [2.05, 4.69) is 39.7 Å². The zero-order valence-electron chi connectivity index (χ0n) is 16.0. The second kappa shape index (κ2) is 7.74. The van der Waals surface area contributed by atoms with Gasteiger partial charge in [0.15, 0.2) is 0 Å². The molecule has 8 nitrogen and oxygen atoms in total. The van der Waals surface area contributed by atoms with Gasteiger partial charge in [0.2, 0.25) is 17.7 Å². The van der Waals surface area contributed by atoms with Crippen molar-refractivity contribution in [1.29, 1.82) is 0 Å². The normalized spacial score (nSPS) is 29.3. The number of aromatic nitrogens is 1. The topological polar surface area (TPSA) is 103 Å². The molecule has 0 bridgehead atoms. The Hall–Kier alpha value is -2.32. The van der Waals surface area contributed by atoms with Crippen molar-refractivity contribution in [2.75, 3.05) is 25.0 Å². The summed E-state index contributed by atoms with van der Waals surface area (Å²) >= 11 is 0. The van der Waals surface area contributed by atoms with Crippen molar-refractivity contribution in [3.05, 3.63) is 23.9 Å². The van der Waals surface area contributed by atoms with Gasteiger partial charge in [-0.2, -0.15) is 0 Å². The van der Waals surface area contributed by atoms with E-state index in [1.165, 1.54) is 0 Å². The first-order valence-electron chi connectivity index (χ1n) is 9.37. The molecule has 2 aliphatic heterocycles. The Morgan fingerprint density at radius 2 is 2.04 bits per heavy atom. The second-order valence-corrected chi connectivity index (χ2v) is 7.72. The molecule has 146 valence electrons. The molecule has 0 aliphatic carbocycles. The molecule has 3 amide bonds. The highest BCUT2D eigenvalue weighted by Crippen LogP contribution is 2.32. The number of pyridine rings is 1. The van der Waals surface area contributed by atoms with Gasteiger partial charge >= 0.3 is 0 Å². The fourth-order valence-corrected chi connectivity index (χ4v) is 3.75. The van der Waals surface area contributed by atoms with Gasteiger partial charge in [-0.05, 0) is 44.9 Å². The van der Waals surface area contributed by atoms with E-state index >= 15 is 0 Å². The molecule has 3 rings (SSSR count). The van der Waals surface area contributed by atoms with E-state index in [-0.39, 0.29) is 29.8 Å². The van der Waals surface area contributed by atoms with Gasteiger partial charge in [-0.15, -0.1) is 0 Å². The Morgan fingerprint density at radius 3 is 2.70 bits per heavy atom. The number of imide groups is 1. The molecule has 0 saturated carbocycles. The summed E-state index contributed by atoms with van der Waals surface area (Å²) in [5.41, 5.74) is -0.0700. The molecule has 2 saturated heterocycles. The predicted octanol–water partition coefficient (Wildman–Crippen LogP) is 0.397. The van der Waals surface area contributed by atoms with E-state index in [1.807, 2.05) is 0 Å². The van der Waals surface area contributed by atoms with Crippen LogP contribution in [-0.2, 0) is 19.8 Å². The number of piperidine rings is 1. The molecule has 27 heavy (non-hydrogen) atoms. The fourth-order valence-electron chi connectivity index (χ4n) is 3.75. The van der Waals surface area contributed by atoms with Crippen molar-refractivity contribution in [3.63, 3.8) is 0 Å². The van der Waals surface area contributed by atoms with E-state index in [9.17, 15) is 14.4 Å². The van der Waals surface area contributed by atoms with Crippen LogP contribution < -0.4 is 16.0 Å². The molecule has 1 aromatic rings. The van der Waals surface area contributed by atoms with Crippen molar-refractivity contribution in [1.82, 2.24) is 20.5 Å². The number of carbonyl (C=O) groups excluding carboxylic acids is 3. The summed E-state index contributed by atoms with van der Waals surface area (Å²) in [5.74, 6) is -0.280. The molecular formula is C19H27N5O3. The minimum Gasteiger partial charge on any atom is -0.314 e. The van der Waals surface area contributed by atoms with Gasteiger partial charge in [-0.25, -0.2) is 4.98 Å². The number of rotatable bonds is 4. The van der Waals surface area contributed by atoms with Crippen LogP contribution in [0.5, 0.6) is 0 Å². The van der Waals surface area contributed by atoms with E-state index in [1.54, 1.807) is 25.3 Å². The SMILES string of the molecule is C[C@@H]1CNC[C@H](C)N1CC(=O)Nc1cc(C2(C)CCC(=O)NC2=O)ccn1. The van der Waals surface area contributed by atoms with Crippen LogP contribution in [-0.4, -0.2) is 59.3 Å². The molecule has 1 aromatic heterocycles. The molecular weight excluding hydrogens is 346 g/mol. The number of carbonyl (C=O) groups is 3. The van der Waals surface area contributed by atoms with Crippen LogP contribution in [0.3, 0.4) is 0 Å². The standard InChI is InChI=1S/C19H27N5O3/c1-12-9-20-10-13(2)24(12)11-17(26)22-15-8-14(5-7-21-15)19(3)6-4-16(25)23-18(19)27/h5,7-8,12-13,20H,4,6,9-11H2,1-3H3,(H,21,22,26)(H,23,25,27)/t12-,13+,19?. The van der Waals surface area contributed by atoms with Gasteiger partial charge in [0.05, 0.1) is 12.0 Å². The lowest BCUT2D eigenvalue weighted by Crippen LogP contribution is -2.56. The zero-order valence-corrected chi connectivity index (χ0v) is 16.0. The number of amides is 3. The summed E-state index contributed by atoms with van der Waals surface area (Å²) in [6.07, 6.45) is 2.31. The minimum atomic E-state index is -0.808. The van der Waals surface area contributed by atoms with Gasteiger partial charge in [-0.3, -0.25) is 24.6 Å². The predicted molar refractivity (Wildman–Crippen MR) is 101 cm³/mol. The summed E-state index contributed by atoms with van der Waals surface area (Å²) in [4.78, 5) is 42.7. The van der Waals surface area contributed by atoms with Crippen molar-refractivity contribution < 1.29 is 14.4 Å². The first-order chi connectivity index (χ1) is 12.8. The zero-order chi connectivity index (χ0) is 19.6. The average Bonchev–Trinajstić information content (AvgIpc) is 2.62. The highest BCUT2D eigenvalue weighted by atomic mass is 16.2. The molecule has 1 unspecified atom stereocenters. The molecule has 0 spiro atoms. The van der Waals surface area contributed by atoms with Gasteiger partial charge in [-0.1, -0.05) is 0 Å². The van der Waals surface area contributed by atoms with Crippen LogP contribution in [0, 0.1) is 0 Å². The molecule has 0 radical (unpaired) electrons. The molecule has 2 aliphatic rings. The largest absolute Gasteiger partial charge is 0.314 e. The van der Waals surface area contributed by atoms with E-state index in [0.717, 1.165) is 18.7 Å². The third-order valence-corrected chi connectivity index (χ3v) is 5.61. The maximum Gasteiger partial charge on any atom is 0.239 e. The van der Waals surface area contributed by atoms with E-state index < -0.39 is 5.41 Å². The van der Waals surface area contributed by atoms with Crippen LogP contribution in [0.2, 0.25) is 0 Å². The number of hydrogen-bond acceptors (Lipinski definition) is 6. The maximum atomic E-state index is 12.5. The lowest BCUT2D eigenvalue weighted by molar-refractivity contribution is -0.137. The lowest BCUT2D eigenvalue weighted by atomic mass is 9.76. The summed E-state index contributed by atoms with van der Waals surface area (Å²) in [6.45, 7) is 8.01. The molecule has 8 heteroatoms. The Kier molecular flexibility index (Phi) is 5.57. The quantitative estimate of drug-likeness (QED) is 0.660. The van der Waals surface area contributed by atoms with Crippen molar-refractivity contribution in [2.24, 2.45) is 0 Å². The molecule has 0 aromatic carbocycles. The Bertz CT molecular complexity index is 743. The van der Waals surface area contributed by atoms with Crippen LogP contribution in [0.4, 0.5) is 5.82 Å². The highest BCUT2D eigenvalue weighted by molar-refractivity contribution is 6.03. The van der Waals surface area contributed by atoms with Gasteiger partial charge in [0.25, 0.3) is 0 Å². The van der Waals surface area contributed by atoms with Crippen LogP contribution in [0.1, 0.15) is 39.2 Å². The molecule has 3 heterocycles. The third-order valence-electron chi connectivity index (χ3n) is 5.61. The Balaban J connectivity index is 1.69. The summed E-state index contributed by atoms with van der Waals surface area (Å²) in [7, 11) is 0. The van der Waals surface area contributed by atoms with E-state index in [4.69, 9.17) is 0 Å². The third kappa shape index (κ3) is 4.17. The number of hydrogen-bond donors (Lipinski definition) is 3. The Morgan fingerprint density at radius 1 is 1.33 bits per heavy atom. The number of nitrogens with one attached hydrogen (secondary N) is 3. The number of anilines is 1. The first kappa shape index (κ1) is 19.4. The smallest absolute Gasteiger partial charge is 0.239 e. The van der Waals surface area contributed by atoms with Crippen LogP contribution >= 0.6 is 0 Å². The van der Waals surface area contributed by atoms with Crippen molar-refractivity contribution in [3.8, 4) is 0 Å². The Labute approximate surface area is 159 Å². The minimum absolute atomic E-state index is 0.131. The van der Waals surface area contributed by atoms with Crippen molar-refractivity contribution in [2.45, 2.75) is 51.1 Å². The van der Waals surface area contributed by atoms with Gasteiger partial charge < -0.3 is 10.6 Å². The summed E-state index contributed by atoms with van der Waals surface area (Å²) < 4.78 is 0. The van der Waals surface area contributed by atoms with Crippen LogP contribution in [0.15, 0.2) is 18.3 Å². The molecule has 3 atom stereocenters. The summed E-state index contributed by atoms with van der Waals surface area (Å²) in [6, 6.07) is 4.03. The lowest BCUT2D eigenvalue weighted by Gasteiger charge is -2.38.